The number of piperazine rings is 1. The smallest absolute Gasteiger partial charge is 0.318 e. The van der Waals surface area contributed by atoms with Crippen molar-refractivity contribution in [3.63, 3.8) is 0 Å². The lowest BCUT2D eigenvalue weighted by molar-refractivity contribution is -0.126. The third-order valence-electron chi connectivity index (χ3n) is 4.19. The second-order valence-electron chi connectivity index (χ2n) is 5.84. The van der Waals surface area contributed by atoms with Crippen molar-refractivity contribution in [2.24, 2.45) is 0 Å². The zero-order valence-electron chi connectivity index (χ0n) is 14.1. The molecule has 24 heavy (non-hydrogen) atoms. The summed E-state index contributed by atoms with van der Waals surface area (Å²) in [5, 5.41) is 8.05. The molecule has 1 saturated heterocycles. The summed E-state index contributed by atoms with van der Waals surface area (Å²) in [4.78, 5) is 16.3. The standard InChI is InChI=1S/C18H22N4O2/c1-3-16-19-20-18(24-16)22-11-9-21(10-12-22)17(23)13-14(2)15-7-5-4-6-8-15/h4-8,13H,3,9-12H2,1-2H3/b14-13+. The zero-order chi connectivity index (χ0) is 16.9. The van der Waals surface area contributed by atoms with Gasteiger partial charge in [-0.3, -0.25) is 4.79 Å². The average Bonchev–Trinajstić information content (AvgIpc) is 3.11. The Morgan fingerprint density at radius 2 is 1.88 bits per heavy atom. The summed E-state index contributed by atoms with van der Waals surface area (Å²) in [7, 11) is 0. The van der Waals surface area contributed by atoms with E-state index in [1.165, 1.54) is 0 Å². The van der Waals surface area contributed by atoms with E-state index in [9.17, 15) is 4.79 Å². The van der Waals surface area contributed by atoms with Crippen molar-refractivity contribution in [2.75, 3.05) is 31.1 Å². The van der Waals surface area contributed by atoms with Crippen LogP contribution in [-0.2, 0) is 11.2 Å². The molecule has 3 rings (SSSR count). The molecule has 1 fully saturated rings. The van der Waals surface area contributed by atoms with Crippen LogP contribution in [0.1, 0.15) is 25.3 Å². The molecule has 0 radical (unpaired) electrons. The Labute approximate surface area is 141 Å². The minimum atomic E-state index is 0.0516. The van der Waals surface area contributed by atoms with E-state index in [4.69, 9.17) is 4.42 Å². The predicted octanol–water partition coefficient (Wildman–Crippen LogP) is 2.38. The van der Waals surface area contributed by atoms with Crippen LogP contribution in [0.15, 0.2) is 40.8 Å². The molecular formula is C18H22N4O2. The maximum Gasteiger partial charge on any atom is 0.318 e. The highest BCUT2D eigenvalue weighted by molar-refractivity contribution is 5.95. The molecule has 0 spiro atoms. The Hall–Kier alpha value is -2.63. The average molecular weight is 326 g/mol. The SMILES string of the molecule is CCc1nnc(N2CCN(C(=O)/C=C(\C)c3ccccc3)CC2)o1. The number of anilines is 1. The highest BCUT2D eigenvalue weighted by Gasteiger charge is 2.23. The van der Waals surface area contributed by atoms with E-state index in [0.717, 1.165) is 17.6 Å². The first-order chi connectivity index (χ1) is 11.7. The van der Waals surface area contributed by atoms with E-state index in [-0.39, 0.29) is 5.91 Å². The maximum atomic E-state index is 12.5. The number of hydrogen-bond acceptors (Lipinski definition) is 5. The highest BCUT2D eigenvalue weighted by atomic mass is 16.4. The third kappa shape index (κ3) is 3.64. The van der Waals surface area contributed by atoms with Gasteiger partial charge in [-0.2, -0.15) is 0 Å². The summed E-state index contributed by atoms with van der Waals surface area (Å²) in [6.45, 7) is 6.66. The van der Waals surface area contributed by atoms with E-state index in [1.54, 1.807) is 6.08 Å². The topological polar surface area (TPSA) is 62.5 Å². The van der Waals surface area contributed by atoms with Gasteiger partial charge in [0.1, 0.15) is 0 Å². The number of rotatable bonds is 4. The Morgan fingerprint density at radius 3 is 2.50 bits per heavy atom. The summed E-state index contributed by atoms with van der Waals surface area (Å²) in [6.07, 6.45) is 2.45. The highest BCUT2D eigenvalue weighted by Crippen LogP contribution is 2.17. The number of nitrogens with zero attached hydrogens (tertiary/aromatic N) is 4. The van der Waals surface area contributed by atoms with Gasteiger partial charge in [0.25, 0.3) is 0 Å². The van der Waals surface area contributed by atoms with Gasteiger partial charge in [0.05, 0.1) is 0 Å². The number of aryl methyl sites for hydroxylation is 1. The van der Waals surface area contributed by atoms with Gasteiger partial charge in [0, 0.05) is 38.7 Å². The second kappa shape index (κ2) is 7.29. The number of amides is 1. The van der Waals surface area contributed by atoms with Crippen LogP contribution in [0, 0.1) is 0 Å². The fraction of sp³-hybridized carbons (Fsp3) is 0.389. The van der Waals surface area contributed by atoms with Gasteiger partial charge >= 0.3 is 6.01 Å². The van der Waals surface area contributed by atoms with Crippen LogP contribution < -0.4 is 4.90 Å². The summed E-state index contributed by atoms with van der Waals surface area (Å²) in [6, 6.07) is 10.5. The number of aromatic nitrogens is 2. The van der Waals surface area contributed by atoms with Crippen LogP contribution in [0.2, 0.25) is 0 Å². The third-order valence-corrected chi connectivity index (χ3v) is 4.19. The number of hydrogen-bond donors (Lipinski definition) is 0. The molecule has 0 saturated carbocycles. The van der Waals surface area contributed by atoms with Gasteiger partial charge in [-0.25, -0.2) is 0 Å². The molecule has 6 nitrogen and oxygen atoms in total. The maximum absolute atomic E-state index is 12.5. The second-order valence-corrected chi connectivity index (χ2v) is 5.84. The number of carbonyl (C=O) groups is 1. The van der Waals surface area contributed by atoms with Crippen molar-refractivity contribution in [2.45, 2.75) is 20.3 Å². The Bertz CT molecular complexity index is 716. The summed E-state index contributed by atoms with van der Waals surface area (Å²) >= 11 is 0. The van der Waals surface area contributed by atoms with Gasteiger partial charge in [0.15, 0.2) is 0 Å². The van der Waals surface area contributed by atoms with Crippen LogP contribution in [0.5, 0.6) is 0 Å². The molecule has 2 aromatic rings. The fourth-order valence-electron chi connectivity index (χ4n) is 2.69. The molecule has 1 aliphatic rings. The molecule has 1 aromatic heterocycles. The number of allylic oxidation sites excluding steroid dienone is 1. The molecule has 0 aliphatic carbocycles. The lowest BCUT2D eigenvalue weighted by Gasteiger charge is -2.33. The molecule has 6 heteroatoms. The molecule has 1 amide bonds. The van der Waals surface area contributed by atoms with Crippen LogP contribution in [0.3, 0.4) is 0 Å². The lowest BCUT2D eigenvalue weighted by atomic mass is 10.1. The number of carbonyl (C=O) groups excluding carboxylic acids is 1. The summed E-state index contributed by atoms with van der Waals surface area (Å²) in [5.74, 6) is 0.695. The van der Waals surface area contributed by atoms with Crippen molar-refractivity contribution in [1.82, 2.24) is 15.1 Å². The molecule has 2 heterocycles. The van der Waals surface area contributed by atoms with Gasteiger partial charge in [0.2, 0.25) is 11.8 Å². The van der Waals surface area contributed by atoms with Crippen molar-refractivity contribution in [3.05, 3.63) is 47.9 Å². The Morgan fingerprint density at radius 1 is 1.17 bits per heavy atom. The Kier molecular flexibility index (Phi) is 4.93. The lowest BCUT2D eigenvalue weighted by Crippen LogP contribution is -2.48. The number of benzene rings is 1. The first kappa shape index (κ1) is 16.2. The molecule has 0 bridgehead atoms. The van der Waals surface area contributed by atoms with E-state index < -0.39 is 0 Å². The molecular weight excluding hydrogens is 304 g/mol. The van der Waals surface area contributed by atoms with Crippen molar-refractivity contribution in [3.8, 4) is 0 Å². The normalized spacial score (nSPS) is 15.7. The summed E-state index contributed by atoms with van der Waals surface area (Å²) < 4.78 is 5.58. The summed E-state index contributed by atoms with van der Waals surface area (Å²) in [5.41, 5.74) is 2.05. The predicted molar refractivity (Wildman–Crippen MR) is 92.6 cm³/mol. The molecule has 1 aromatic carbocycles. The molecule has 0 unspecified atom stereocenters. The fourth-order valence-corrected chi connectivity index (χ4v) is 2.69. The molecule has 1 aliphatic heterocycles. The zero-order valence-corrected chi connectivity index (χ0v) is 14.1. The molecule has 126 valence electrons. The quantitative estimate of drug-likeness (QED) is 0.807. The molecule has 0 atom stereocenters. The van der Waals surface area contributed by atoms with Crippen molar-refractivity contribution in [1.29, 1.82) is 0 Å². The minimum absolute atomic E-state index is 0.0516. The first-order valence-corrected chi connectivity index (χ1v) is 8.27. The van der Waals surface area contributed by atoms with Crippen LogP contribution in [0.4, 0.5) is 6.01 Å². The van der Waals surface area contributed by atoms with Crippen molar-refractivity contribution < 1.29 is 9.21 Å². The first-order valence-electron chi connectivity index (χ1n) is 8.27. The van der Waals surface area contributed by atoms with Crippen LogP contribution >= 0.6 is 0 Å². The van der Waals surface area contributed by atoms with Crippen LogP contribution in [-0.4, -0.2) is 47.2 Å². The van der Waals surface area contributed by atoms with Gasteiger partial charge < -0.3 is 14.2 Å². The van der Waals surface area contributed by atoms with Crippen molar-refractivity contribution >= 4 is 17.5 Å². The largest absolute Gasteiger partial charge is 0.408 e. The van der Waals surface area contributed by atoms with Gasteiger partial charge in [-0.05, 0) is 18.1 Å². The van der Waals surface area contributed by atoms with Gasteiger partial charge in [-0.1, -0.05) is 42.4 Å². The van der Waals surface area contributed by atoms with E-state index >= 15 is 0 Å². The van der Waals surface area contributed by atoms with E-state index in [2.05, 4.69) is 10.2 Å². The van der Waals surface area contributed by atoms with E-state index in [0.29, 0.717) is 38.1 Å². The van der Waals surface area contributed by atoms with E-state index in [1.807, 2.05) is 54.0 Å². The Balaban J connectivity index is 1.59. The minimum Gasteiger partial charge on any atom is -0.408 e. The monoisotopic (exact) mass is 326 g/mol. The van der Waals surface area contributed by atoms with Crippen LogP contribution in [0.25, 0.3) is 5.57 Å². The molecule has 0 N–H and O–H groups in total. The van der Waals surface area contributed by atoms with Gasteiger partial charge in [-0.15, -0.1) is 5.10 Å².